The third-order valence-electron chi connectivity index (χ3n) is 2.81. The quantitative estimate of drug-likeness (QED) is 0.601. The van der Waals surface area contributed by atoms with E-state index in [0.29, 0.717) is 6.54 Å². The molecular weight excluding hydrogens is 202 g/mol. The van der Waals surface area contributed by atoms with Crippen LogP contribution in [0.1, 0.15) is 26.7 Å². The summed E-state index contributed by atoms with van der Waals surface area (Å²) in [5.41, 5.74) is 4.79. The predicted octanol–water partition coefficient (Wildman–Crippen LogP) is 0.360. The van der Waals surface area contributed by atoms with Gasteiger partial charge in [0.25, 0.3) is 0 Å². The zero-order valence-electron chi connectivity index (χ0n) is 11.4. The van der Waals surface area contributed by atoms with Crippen LogP contribution in [0.2, 0.25) is 0 Å². The number of aliphatic hydroxyl groups is 1. The lowest BCUT2D eigenvalue weighted by atomic mass is 10.0. The van der Waals surface area contributed by atoms with Crippen molar-refractivity contribution in [1.82, 2.24) is 9.80 Å². The molecule has 0 bridgehead atoms. The van der Waals surface area contributed by atoms with Gasteiger partial charge in [-0.15, -0.1) is 0 Å². The van der Waals surface area contributed by atoms with Crippen molar-refractivity contribution in [3.63, 3.8) is 0 Å². The van der Waals surface area contributed by atoms with Crippen molar-refractivity contribution in [2.45, 2.75) is 32.3 Å². The summed E-state index contributed by atoms with van der Waals surface area (Å²) in [6, 6.07) is 0. The van der Waals surface area contributed by atoms with Gasteiger partial charge in [0.2, 0.25) is 0 Å². The van der Waals surface area contributed by atoms with Crippen LogP contribution in [-0.2, 0) is 0 Å². The third-order valence-corrected chi connectivity index (χ3v) is 2.81. The van der Waals surface area contributed by atoms with E-state index in [2.05, 4.69) is 30.8 Å². The molecule has 1 atom stereocenters. The summed E-state index contributed by atoms with van der Waals surface area (Å²) < 4.78 is 0. The van der Waals surface area contributed by atoms with Crippen LogP contribution >= 0.6 is 0 Å². The van der Waals surface area contributed by atoms with E-state index in [1.807, 2.05) is 6.92 Å². The lowest BCUT2D eigenvalue weighted by molar-refractivity contribution is 0.0469. The van der Waals surface area contributed by atoms with Crippen LogP contribution in [0.15, 0.2) is 0 Å². The molecule has 4 nitrogen and oxygen atoms in total. The molecule has 0 saturated carbocycles. The Hall–Kier alpha value is -0.160. The maximum atomic E-state index is 9.86. The molecule has 1 unspecified atom stereocenters. The molecule has 16 heavy (non-hydrogen) atoms. The van der Waals surface area contributed by atoms with E-state index in [1.165, 1.54) is 0 Å². The number of likely N-dealkylation sites (N-methyl/N-ethyl adjacent to an activating group) is 1. The molecule has 0 aromatic rings. The summed E-state index contributed by atoms with van der Waals surface area (Å²) in [6.45, 7) is 8.46. The van der Waals surface area contributed by atoms with Gasteiger partial charge in [0.05, 0.1) is 5.60 Å². The lowest BCUT2D eigenvalue weighted by Crippen LogP contribution is -2.40. The highest BCUT2D eigenvalue weighted by molar-refractivity contribution is 4.75. The average molecular weight is 231 g/mol. The number of rotatable bonds is 9. The molecule has 0 aromatic carbocycles. The van der Waals surface area contributed by atoms with Crippen LogP contribution in [0.4, 0.5) is 0 Å². The van der Waals surface area contributed by atoms with Crippen LogP contribution < -0.4 is 5.73 Å². The molecule has 0 spiro atoms. The summed E-state index contributed by atoms with van der Waals surface area (Å²) >= 11 is 0. The minimum absolute atomic E-state index is 0.334. The second-order valence-electron chi connectivity index (χ2n) is 5.10. The zero-order chi connectivity index (χ0) is 12.6. The molecule has 0 aliphatic rings. The van der Waals surface area contributed by atoms with Gasteiger partial charge in [0.1, 0.15) is 0 Å². The molecule has 0 rings (SSSR count). The molecule has 0 heterocycles. The summed E-state index contributed by atoms with van der Waals surface area (Å²) in [5, 5.41) is 9.86. The highest BCUT2D eigenvalue weighted by Crippen LogP contribution is 2.08. The normalized spacial score (nSPS) is 15.8. The SMILES string of the molecule is CCCN(CCN(C)C)CCC(C)(O)CN. The summed E-state index contributed by atoms with van der Waals surface area (Å²) in [4.78, 5) is 4.58. The molecular formula is C12H29N3O. The van der Waals surface area contributed by atoms with Gasteiger partial charge in [-0.25, -0.2) is 0 Å². The van der Waals surface area contributed by atoms with Gasteiger partial charge in [-0.05, 0) is 40.4 Å². The Kier molecular flexibility index (Phi) is 7.93. The fourth-order valence-electron chi connectivity index (χ4n) is 1.49. The summed E-state index contributed by atoms with van der Waals surface area (Å²) in [6.07, 6.45) is 1.90. The Balaban J connectivity index is 3.93. The van der Waals surface area contributed by atoms with Gasteiger partial charge in [0.15, 0.2) is 0 Å². The van der Waals surface area contributed by atoms with Gasteiger partial charge < -0.3 is 20.6 Å². The number of hydrogen-bond donors (Lipinski definition) is 2. The number of hydrogen-bond acceptors (Lipinski definition) is 4. The first-order chi connectivity index (χ1) is 7.41. The van der Waals surface area contributed by atoms with Crippen LogP contribution in [0.3, 0.4) is 0 Å². The standard InChI is InChI=1S/C12H29N3O/c1-5-7-15(10-9-14(3)4)8-6-12(2,16)11-13/h16H,5-11,13H2,1-4H3. The lowest BCUT2D eigenvalue weighted by Gasteiger charge is -2.28. The number of nitrogens with zero attached hydrogens (tertiary/aromatic N) is 2. The fraction of sp³-hybridized carbons (Fsp3) is 1.00. The topological polar surface area (TPSA) is 52.7 Å². The highest BCUT2D eigenvalue weighted by atomic mass is 16.3. The predicted molar refractivity (Wildman–Crippen MR) is 69.6 cm³/mol. The van der Waals surface area contributed by atoms with Gasteiger partial charge in [-0.3, -0.25) is 0 Å². The third kappa shape index (κ3) is 8.05. The monoisotopic (exact) mass is 231 g/mol. The van der Waals surface area contributed by atoms with Crippen LogP contribution in [-0.4, -0.2) is 67.3 Å². The molecule has 0 saturated heterocycles. The molecule has 0 amide bonds. The molecule has 0 radical (unpaired) electrons. The van der Waals surface area contributed by atoms with E-state index in [1.54, 1.807) is 0 Å². The minimum atomic E-state index is -0.718. The van der Waals surface area contributed by atoms with Crippen molar-refractivity contribution < 1.29 is 5.11 Å². The van der Waals surface area contributed by atoms with Crippen molar-refractivity contribution in [1.29, 1.82) is 0 Å². The first-order valence-corrected chi connectivity index (χ1v) is 6.21. The Morgan fingerprint density at radius 1 is 1.12 bits per heavy atom. The van der Waals surface area contributed by atoms with Crippen molar-refractivity contribution in [2.24, 2.45) is 5.73 Å². The first kappa shape index (κ1) is 15.8. The maximum absolute atomic E-state index is 9.86. The van der Waals surface area contributed by atoms with Crippen molar-refractivity contribution in [3.05, 3.63) is 0 Å². The Bertz CT molecular complexity index is 172. The van der Waals surface area contributed by atoms with Crippen molar-refractivity contribution in [3.8, 4) is 0 Å². The Labute approximate surface area is 100 Å². The van der Waals surface area contributed by atoms with E-state index < -0.39 is 5.60 Å². The van der Waals surface area contributed by atoms with E-state index in [4.69, 9.17) is 5.73 Å². The Morgan fingerprint density at radius 2 is 1.75 bits per heavy atom. The molecule has 0 aliphatic carbocycles. The van der Waals surface area contributed by atoms with Gasteiger partial charge in [-0.2, -0.15) is 0 Å². The molecule has 0 fully saturated rings. The van der Waals surface area contributed by atoms with Gasteiger partial charge in [-0.1, -0.05) is 6.92 Å². The fourth-order valence-corrected chi connectivity index (χ4v) is 1.49. The second-order valence-corrected chi connectivity index (χ2v) is 5.10. The molecule has 0 aliphatic heterocycles. The van der Waals surface area contributed by atoms with E-state index in [-0.39, 0.29) is 0 Å². The van der Waals surface area contributed by atoms with Gasteiger partial charge in [0, 0.05) is 26.2 Å². The van der Waals surface area contributed by atoms with Crippen LogP contribution in [0.5, 0.6) is 0 Å². The maximum Gasteiger partial charge on any atom is 0.0753 e. The van der Waals surface area contributed by atoms with Crippen LogP contribution in [0, 0.1) is 0 Å². The average Bonchev–Trinajstić information content (AvgIpc) is 2.22. The van der Waals surface area contributed by atoms with Crippen molar-refractivity contribution in [2.75, 3.05) is 46.8 Å². The van der Waals surface area contributed by atoms with Gasteiger partial charge >= 0.3 is 0 Å². The first-order valence-electron chi connectivity index (χ1n) is 6.21. The Morgan fingerprint density at radius 3 is 2.19 bits per heavy atom. The van der Waals surface area contributed by atoms with E-state index in [9.17, 15) is 5.11 Å². The largest absolute Gasteiger partial charge is 0.389 e. The van der Waals surface area contributed by atoms with Crippen LogP contribution in [0.25, 0.3) is 0 Å². The number of nitrogens with two attached hydrogens (primary N) is 1. The molecule has 98 valence electrons. The minimum Gasteiger partial charge on any atom is -0.389 e. The summed E-state index contributed by atoms with van der Waals surface area (Å²) in [7, 11) is 4.17. The second kappa shape index (κ2) is 8.01. The smallest absolute Gasteiger partial charge is 0.0753 e. The van der Waals surface area contributed by atoms with E-state index in [0.717, 1.165) is 39.0 Å². The molecule has 3 N–H and O–H groups in total. The van der Waals surface area contributed by atoms with E-state index >= 15 is 0 Å². The summed E-state index contributed by atoms with van der Waals surface area (Å²) in [5.74, 6) is 0. The zero-order valence-corrected chi connectivity index (χ0v) is 11.4. The van der Waals surface area contributed by atoms with Crippen molar-refractivity contribution >= 4 is 0 Å². The molecule has 4 heteroatoms. The highest BCUT2D eigenvalue weighted by Gasteiger charge is 2.19. The molecule has 0 aromatic heterocycles.